The van der Waals surface area contributed by atoms with Gasteiger partial charge in [0, 0.05) is 12.2 Å². The number of esters is 2. The fraction of sp³-hybridized carbons (Fsp3) is 0.389. The highest BCUT2D eigenvalue weighted by atomic mass is 32.2. The number of carbonyl (C=O) groups excluding carboxylic acids is 3. The van der Waals surface area contributed by atoms with E-state index in [1.807, 2.05) is 0 Å². The number of Topliss-reactive ketones (excluding diaryl/α,β-unsaturated/α-hetero) is 1. The number of allylic oxidation sites excluding steroid dienone is 1. The fourth-order valence-electron chi connectivity index (χ4n) is 1.83. The average Bonchev–Trinajstić information content (AvgIpc) is 2.61. The molecule has 0 N–H and O–H groups in total. The average molecular weight is 404 g/mol. The summed E-state index contributed by atoms with van der Waals surface area (Å²) in [5.74, 6) is -2.29. The first-order chi connectivity index (χ1) is 12.7. The molecule has 0 spiro atoms. The van der Waals surface area contributed by atoms with Gasteiger partial charge in [0.05, 0.1) is 23.7 Å². The third-order valence-electron chi connectivity index (χ3n) is 3.13. The lowest BCUT2D eigenvalue weighted by Gasteiger charge is -2.09. The Balaban J connectivity index is 2.80. The van der Waals surface area contributed by atoms with Crippen molar-refractivity contribution in [2.24, 2.45) is 0 Å². The Morgan fingerprint density at radius 3 is 2.07 bits per heavy atom. The molecule has 27 heavy (non-hydrogen) atoms. The number of carbonyl (C=O) groups is 3. The van der Waals surface area contributed by atoms with Crippen LogP contribution in [-0.4, -0.2) is 30.9 Å². The Hall–Kier alpha value is -2.29. The highest BCUT2D eigenvalue weighted by Crippen LogP contribution is 2.30. The molecule has 0 amide bonds. The van der Waals surface area contributed by atoms with Crippen LogP contribution in [0.2, 0.25) is 0 Å². The minimum absolute atomic E-state index is 0.0572. The molecular formula is C18H19F3O5S. The maximum absolute atomic E-state index is 12.6. The summed E-state index contributed by atoms with van der Waals surface area (Å²) in [7, 11) is 0. The maximum Gasteiger partial charge on any atom is 0.416 e. The Bertz CT molecular complexity index is 696. The first kappa shape index (κ1) is 22.8. The minimum atomic E-state index is -4.42. The summed E-state index contributed by atoms with van der Waals surface area (Å²) in [6, 6.07) is 4.52. The van der Waals surface area contributed by atoms with Crippen LogP contribution in [0.3, 0.4) is 0 Å². The van der Waals surface area contributed by atoms with Crippen LogP contribution in [0.5, 0.6) is 0 Å². The van der Waals surface area contributed by atoms with Crippen molar-refractivity contribution in [3.05, 3.63) is 46.4 Å². The summed E-state index contributed by atoms with van der Waals surface area (Å²) in [5.41, 5.74) is -0.211. The molecule has 0 fully saturated rings. The van der Waals surface area contributed by atoms with E-state index < -0.39 is 29.5 Å². The summed E-state index contributed by atoms with van der Waals surface area (Å²) >= 11 is 1.00. The lowest BCUT2D eigenvalue weighted by atomic mass is 10.1. The predicted octanol–water partition coefficient (Wildman–Crippen LogP) is 3.91. The monoisotopic (exact) mass is 404 g/mol. The summed E-state index contributed by atoms with van der Waals surface area (Å²) in [6.45, 7) is 3.34. The number of ketones is 1. The molecule has 5 nitrogen and oxygen atoms in total. The Kier molecular flexibility index (Phi) is 9.07. The van der Waals surface area contributed by atoms with Gasteiger partial charge in [0.15, 0.2) is 0 Å². The predicted molar refractivity (Wildman–Crippen MR) is 93.7 cm³/mol. The number of hydrogen-bond acceptors (Lipinski definition) is 6. The molecule has 1 aromatic rings. The number of rotatable bonds is 9. The summed E-state index contributed by atoms with van der Waals surface area (Å²) in [6.07, 6.45) is -3.51. The van der Waals surface area contributed by atoms with Gasteiger partial charge in [-0.15, -0.1) is 11.8 Å². The highest BCUT2D eigenvalue weighted by Gasteiger charge is 2.29. The molecule has 148 valence electrons. The van der Waals surface area contributed by atoms with Gasteiger partial charge in [-0.2, -0.15) is 13.2 Å². The Morgan fingerprint density at radius 1 is 1.00 bits per heavy atom. The molecule has 0 saturated carbocycles. The van der Waals surface area contributed by atoms with Gasteiger partial charge >= 0.3 is 18.1 Å². The van der Waals surface area contributed by atoms with Gasteiger partial charge in [-0.3, -0.25) is 4.79 Å². The molecule has 0 atom stereocenters. The van der Waals surface area contributed by atoms with Crippen LogP contribution in [0.4, 0.5) is 13.2 Å². The molecule has 0 unspecified atom stereocenters. The molecule has 0 aromatic heterocycles. The SMILES string of the molecule is CCOC(=O)C(=O)CC=C(SCc1ccc(C(F)(F)F)cc1)C(=O)OCC. The van der Waals surface area contributed by atoms with E-state index >= 15 is 0 Å². The molecule has 0 heterocycles. The number of ether oxygens (including phenoxy) is 2. The third-order valence-corrected chi connectivity index (χ3v) is 4.25. The zero-order chi connectivity index (χ0) is 20.4. The molecular weight excluding hydrogens is 385 g/mol. The molecule has 1 aromatic carbocycles. The van der Waals surface area contributed by atoms with Crippen molar-refractivity contribution in [1.29, 1.82) is 0 Å². The lowest BCUT2D eigenvalue weighted by molar-refractivity contribution is -0.153. The second-order valence-electron chi connectivity index (χ2n) is 5.12. The number of benzene rings is 1. The van der Waals surface area contributed by atoms with Gasteiger partial charge in [0.2, 0.25) is 5.78 Å². The first-order valence-electron chi connectivity index (χ1n) is 8.05. The highest BCUT2D eigenvalue weighted by molar-refractivity contribution is 8.03. The normalized spacial score (nSPS) is 11.8. The summed E-state index contributed by atoms with van der Waals surface area (Å²) in [5, 5.41) is 0. The Morgan fingerprint density at radius 2 is 1.56 bits per heavy atom. The van der Waals surface area contributed by atoms with E-state index in [0.29, 0.717) is 5.56 Å². The van der Waals surface area contributed by atoms with Crippen molar-refractivity contribution < 1.29 is 37.0 Å². The second kappa shape index (κ2) is 10.8. The molecule has 0 bridgehead atoms. The van der Waals surface area contributed by atoms with E-state index in [4.69, 9.17) is 4.74 Å². The van der Waals surface area contributed by atoms with Crippen molar-refractivity contribution >= 4 is 29.5 Å². The van der Waals surface area contributed by atoms with Crippen molar-refractivity contribution in [3.8, 4) is 0 Å². The quantitative estimate of drug-likeness (QED) is 0.353. The van der Waals surface area contributed by atoms with E-state index in [1.165, 1.54) is 18.2 Å². The number of thioether (sulfide) groups is 1. The van der Waals surface area contributed by atoms with Crippen LogP contribution in [0.1, 0.15) is 31.4 Å². The number of alkyl halides is 3. The number of hydrogen-bond donors (Lipinski definition) is 0. The molecule has 0 aliphatic rings. The molecule has 0 saturated heterocycles. The third kappa shape index (κ3) is 7.86. The van der Waals surface area contributed by atoms with Gasteiger partial charge in [-0.05, 0) is 31.5 Å². The van der Waals surface area contributed by atoms with Crippen LogP contribution >= 0.6 is 11.8 Å². The molecule has 0 aliphatic heterocycles. The van der Waals surface area contributed by atoms with Crippen molar-refractivity contribution in [3.63, 3.8) is 0 Å². The van der Waals surface area contributed by atoms with Crippen LogP contribution in [-0.2, 0) is 35.8 Å². The van der Waals surface area contributed by atoms with E-state index in [1.54, 1.807) is 13.8 Å². The van der Waals surface area contributed by atoms with E-state index in [9.17, 15) is 27.6 Å². The summed E-state index contributed by atoms with van der Waals surface area (Å²) < 4.78 is 47.2. The largest absolute Gasteiger partial charge is 0.462 e. The van der Waals surface area contributed by atoms with Crippen LogP contribution in [0, 0.1) is 0 Å². The van der Waals surface area contributed by atoms with Crippen LogP contribution in [0.25, 0.3) is 0 Å². The molecule has 0 radical (unpaired) electrons. The van der Waals surface area contributed by atoms with E-state index in [-0.39, 0.29) is 30.3 Å². The first-order valence-corrected chi connectivity index (χ1v) is 9.03. The molecule has 0 aliphatic carbocycles. The standard InChI is InChI=1S/C18H19F3O5S/c1-3-25-16(23)14(22)9-10-15(17(24)26-4-2)27-11-12-5-7-13(8-6-12)18(19,20)21/h5-8,10H,3-4,9,11H2,1-2H3. The van der Waals surface area contributed by atoms with E-state index in [2.05, 4.69) is 4.74 Å². The van der Waals surface area contributed by atoms with Gasteiger partial charge in [0.25, 0.3) is 0 Å². The number of halogens is 3. The Labute approximate surface area is 158 Å². The van der Waals surface area contributed by atoms with E-state index in [0.717, 1.165) is 23.9 Å². The van der Waals surface area contributed by atoms with Crippen molar-refractivity contribution in [2.45, 2.75) is 32.2 Å². The zero-order valence-electron chi connectivity index (χ0n) is 14.8. The van der Waals surface area contributed by atoms with Gasteiger partial charge in [-0.25, -0.2) is 9.59 Å². The maximum atomic E-state index is 12.6. The lowest BCUT2D eigenvalue weighted by Crippen LogP contribution is -2.16. The smallest absolute Gasteiger partial charge is 0.416 e. The van der Waals surface area contributed by atoms with Crippen molar-refractivity contribution in [1.82, 2.24) is 0 Å². The van der Waals surface area contributed by atoms with Gasteiger partial charge in [-0.1, -0.05) is 18.2 Å². The second-order valence-corrected chi connectivity index (χ2v) is 6.14. The van der Waals surface area contributed by atoms with Crippen LogP contribution < -0.4 is 0 Å². The van der Waals surface area contributed by atoms with Crippen LogP contribution in [0.15, 0.2) is 35.2 Å². The van der Waals surface area contributed by atoms with Gasteiger partial charge < -0.3 is 9.47 Å². The summed E-state index contributed by atoms with van der Waals surface area (Å²) in [4.78, 5) is 35.0. The fourth-order valence-corrected chi connectivity index (χ4v) is 2.73. The topological polar surface area (TPSA) is 69.7 Å². The van der Waals surface area contributed by atoms with Crippen molar-refractivity contribution in [2.75, 3.05) is 13.2 Å². The minimum Gasteiger partial charge on any atom is -0.462 e. The molecule has 1 rings (SSSR count). The molecule has 9 heteroatoms. The van der Waals surface area contributed by atoms with Gasteiger partial charge in [0.1, 0.15) is 0 Å². The zero-order valence-corrected chi connectivity index (χ0v) is 15.6.